The predicted molar refractivity (Wildman–Crippen MR) is 95.5 cm³/mol. The fraction of sp³-hybridized carbons (Fsp3) is 0.222. The molecule has 4 nitrogen and oxygen atoms in total. The number of carbonyl (C=O) groups excluding carboxylic acids is 1. The summed E-state index contributed by atoms with van der Waals surface area (Å²) in [5.41, 5.74) is 4.40. The molecule has 3 rings (SSSR count). The third-order valence-corrected chi connectivity index (χ3v) is 3.72. The number of hydrogen-bond donors (Lipinski definition) is 0. The van der Waals surface area contributed by atoms with Crippen LogP contribution in [0.1, 0.15) is 34.2 Å². The van der Waals surface area contributed by atoms with E-state index in [1.165, 1.54) is 11.1 Å². The first-order valence-corrected chi connectivity index (χ1v) is 7.38. The molecule has 0 bridgehead atoms. The third-order valence-electron chi connectivity index (χ3n) is 3.72. The molecule has 0 aliphatic rings. The van der Waals surface area contributed by atoms with Gasteiger partial charge in [-0.05, 0) is 37.1 Å². The molecule has 0 amide bonds. The molecule has 23 heavy (non-hydrogen) atoms. The van der Waals surface area contributed by atoms with E-state index in [4.69, 9.17) is 4.74 Å². The summed E-state index contributed by atoms with van der Waals surface area (Å²) in [4.78, 5) is 16.7. The van der Waals surface area contributed by atoms with Crippen molar-refractivity contribution in [3.63, 3.8) is 0 Å². The minimum absolute atomic E-state index is 0. The van der Waals surface area contributed by atoms with E-state index in [9.17, 15) is 4.79 Å². The zero-order valence-electron chi connectivity index (χ0n) is 13.2. The van der Waals surface area contributed by atoms with Gasteiger partial charge >= 0.3 is 5.97 Å². The van der Waals surface area contributed by atoms with Gasteiger partial charge in [-0.1, -0.05) is 30.3 Å². The van der Waals surface area contributed by atoms with Gasteiger partial charge in [-0.15, -0.1) is 17.0 Å². The number of imidazole rings is 1. The van der Waals surface area contributed by atoms with Crippen LogP contribution < -0.4 is 0 Å². The van der Waals surface area contributed by atoms with Gasteiger partial charge in [0.1, 0.15) is 5.65 Å². The van der Waals surface area contributed by atoms with Crippen LogP contribution >= 0.6 is 17.0 Å². The maximum Gasteiger partial charge on any atom is 0.358 e. The Bertz CT molecular complexity index is 827. The number of benzene rings is 1. The van der Waals surface area contributed by atoms with E-state index in [1.54, 1.807) is 6.92 Å². The molecule has 0 aliphatic carbocycles. The van der Waals surface area contributed by atoms with Crippen molar-refractivity contribution in [3.05, 3.63) is 71.2 Å². The summed E-state index contributed by atoms with van der Waals surface area (Å²) < 4.78 is 7.11. The van der Waals surface area contributed by atoms with Crippen LogP contribution in [0.4, 0.5) is 0 Å². The standard InChI is InChI=1S/C18H18N2O2.BrH/c1-3-22-18(21)17-15(12-14-9-5-4-8-13(14)2)20-11-7-6-10-16(20)19-17;/h4-11H,3,12H2,1-2H3;1H. The molecule has 1 aromatic carbocycles. The molecule has 0 atom stereocenters. The topological polar surface area (TPSA) is 43.6 Å². The number of hydrogen-bond acceptors (Lipinski definition) is 3. The maximum absolute atomic E-state index is 12.2. The van der Waals surface area contributed by atoms with Gasteiger partial charge in [0.05, 0.1) is 12.3 Å². The second-order valence-corrected chi connectivity index (χ2v) is 5.16. The molecular weight excluding hydrogens is 356 g/mol. The van der Waals surface area contributed by atoms with Crippen molar-refractivity contribution in [2.24, 2.45) is 0 Å². The van der Waals surface area contributed by atoms with Crippen molar-refractivity contribution in [3.8, 4) is 0 Å². The normalized spacial score (nSPS) is 10.3. The molecular formula is C18H19BrN2O2. The van der Waals surface area contributed by atoms with Gasteiger partial charge in [-0.3, -0.25) is 0 Å². The average molecular weight is 375 g/mol. The number of aromatic nitrogens is 2. The summed E-state index contributed by atoms with van der Waals surface area (Å²) in [6, 6.07) is 13.9. The van der Waals surface area contributed by atoms with Crippen LogP contribution in [0, 0.1) is 6.92 Å². The van der Waals surface area contributed by atoms with Crippen molar-refractivity contribution in [2.45, 2.75) is 20.3 Å². The van der Waals surface area contributed by atoms with E-state index in [2.05, 4.69) is 24.0 Å². The summed E-state index contributed by atoms with van der Waals surface area (Å²) in [5.74, 6) is -0.366. The van der Waals surface area contributed by atoms with Gasteiger partial charge in [-0.25, -0.2) is 9.78 Å². The Kier molecular flexibility index (Phi) is 5.55. The van der Waals surface area contributed by atoms with Crippen LogP contribution in [-0.2, 0) is 11.2 Å². The lowest BCUT2D eigenvalue weighted by atomic mass is 10.0. The molecule has 2 heterocycles. The Morgan fingerprint density at radius 3 is 2.65 bits per heavy atom. The number of nitrogens with zero attached hydrogens (tertiary/aromatic N) is 2. The first-order valence-electron chi connectivity index (χ1n) is 7.38. The highest BCUT2D eigenvalue weighted by Gasteiger charge is 2.20. The minimum Gasteiger partial charge on any atom is -0.461 e. The van der Waals surface area contributed by atoms with Gasteiger partial charge in [-0.2, -0.15) is 0 Å². The summed E-state index contributed by atoms with van der Waals surface area (Å²) in [6.45, 7) is 4.22. The number of aryl methyl sites for hydroxylation is 1. The molecule has 5 heteroatoms. The number of carbonyl (C=O) groups is 1. The van der Waals surface area contributed by atoms with E-state index < -0.39 is 0 Å². The van der Waals surface area contributed by atoms with E-state index in [0.717, 1.165) is 11.3 Å². The highest BCUT2D eigenvalue weighted by Crippen LogP contribution is 2.19. The maximum atomic E-state index is 12.2. The molecule has 0 N–H and O–H groups in total. The van der Waals surface area contributed by atoms with Crippen LogP contribution in [0.25, 0.3) is 5.65 Å². The number of ether oxygens (including phenoxy) is 1. The first kappa shape index (κ1) is 17.2. The minimum atomic E-state index is -0.366. The van der Waals surface area contributed by atoms with Crippen LogP contribution in [0.15, 0.2) is 48.7 Å². The smallest absolute Gasteiger partial charge is 0.358 e. The number of fused-ring (bicyclic) bond motifs is 1. The van der Waals surface area contributed by atoms with Gasteiger partial charge in [0, 0.05) is 12.6 Å². The lowest BCUT2D eigenvalue weighted by molar-refractivity contribution is 0.0519. The largest absolute Gasteiger partial charge is 0.461 e. The highest BCUT2D eigenvalue weighted by molar-refractivity contribution is 8.93. The van der Waals surface area contributed by atoms with E-state index in [-0.39, 0.29) is 23.0 Å². The molecule has 0 aliphatic heterocycles. The quantitative estimate of drug-likeness (QED) is 0.648. The van der Waals surface area contributed by atoms with Crippen LogP contribution in [0.5, 0.6) is 0 Å². The monoisotopic (exact) mass is 374 g/mol. The lowest BCUT2D eigenvalue weighted by Gasteiger charge is -2.07. The molecule has 3 aromatic rings. The average Bonchev–Trinajstić information content (AvgIpc) is 2.89. The molecule has 0 saturated heterocycles. The van der Waals surface area contributed by atoms with Crippen molar-refractivity contribution in [1.82, 2.24) is 9.38 Å². The van der Waals surface area contributed by atoms with Gasteiger partial charge < -0.3 is 9.14 Å². The zero-order valence-corrected chi connectivity index (χ0v) is 14.9. The Hall–Kier alpha value is -2.14. The first-order chi connectivity index (χ1) is 10.7. The van der Waals surface area contributed by atoms with Gasteiger partial charge in [0.25, 0.3) is 0 Å². The predicted octanol–water partition coefficient (Wildman–Crippen LogP) is 3.99. The van der Waals surface area contributed by atoms with E-state index in [1.807, 2.05) is 40.9 Å². The highest BCUT2D eigenvalue weighted by atomic mass is 79.9. The lowest BCUT2D eigenvalue weighted by Crippen LogP contribution is -2.09. The zero-order chi connectivity index (χ0) is 15.5. The van der Waals surface area contributed by atoms with Crippen molar-refractivity contribution in [1.29, 1.82) is 0 Å². The van der Waals surface area contributed by atoms with Gasteiger partial charge in [0.2, 0.25) is 0 Å². The Labute approximate surface area is 145 Å². The summed E-state index contributed by atoms with van der Waals surface area (Å²) in [5, 5.41) is 0. The second-order valence-electron chi connectivity index (χ2n) is 5.16. The Morgan fingerprint density at radius 2 is 1.91 bits per heavy atom. The second kappa shape index (κ2) is 7.42. The molecule has 120 valence electrons. The van der Waals surface area contributed by atoms with Crippen LogP contribution in [0.3, 0.4) is 0 Å². The van der Waals surface area contributed by atoms with Gasteiger partial charge in [0.15, 0.2) is 5.69 Å². The summed E-state index contributed by atoms with van der Waals surface area (Å²) in [7, 11) is 0. The van der Waals surface area contributed by atoms with E-state index in [0.29, 0.717) is 18.7 Å². The van der Waals surface area contributed by atoms with E-state index >= 15 is 0 Å². The molecule has 0 radical (unpaired) electrons. The number of pyridine rings is 1. The fourth-order valence-electron chi connectivity index (χ4n) is 2.57. The molecule has 0 spiro atoms. The summed E-state index contributed by atoms with van der Waals surface area (Å²) in [6.07, 6.45) is 2.57. The van der Waals surface area contributed by atoms with Crippen LogP contribution in [0.2, 0.25) is 0 Å². The molecule has 2 aromatic heterocycles. The Balaban J connectivity index is 0.00000192. The molecule has 0 fully saturated rings. The van der Waals surface area contributed by atoms with Crippen LogP contribution in [-0.4, -0.2) is 22.0 Å². The SMILES string of the molecule is Br.CCOC(=O)c1nc2ccccn2c1Cc1ccccc1C. The third kappa shape index (κ3) is 3.45. The number of esters is 1. The molecule has 0 unspecified atom stereocenters. The van der Waals surface area contributed by atoms with Crippen molar-refractivity contribution in [2.75, 3.05) is 6.61 Å². The Morgan fingerprint density at radius 1 is 1.17 bits per heavy atom. The number of halogens is 1. The van der Waals surface area contributed by atoms with Crippen molar-refractivity contribution >= 4 is 28.6 Å². The summed E-state index contributed by atoms with van der Waals surface area (Å²) >= 11 is 0. The molecule has 0 saturated carbocycles. The fourth-order valence-corrected chi connectivity index (χ4v) is 2.57. The van der Waals surface area contributed by atoms with Crippen molar-refractivity contribution < 1.29 is 9.53 Å². The number of rotatable bonds is 4.